The van der Waals surface area contributed by atoms with E-state index in [0.717, 1.165) is 37.4 Å². The summed E-state index contributed by atoms with van der Waals surface area (Å²) >= 11 is 3.33. The molecule has 0 spiro atoms. The second kappa shape index (κ2) is 11.7. The van der Waals surface area contributed by atoms with E-state index in [1.54, 1.807) is 20.8 Å². The van der Waals surface area contributed by atoms with Gasteiger partial charge in [0.15, 0.2) is 0 Å². The Labute approximate surface area is 149 Å². The van der Waals surface area contributed by atoms with Crippen LogP contribution in [-0.2, 0) is 14.3 Å². The van der Waals surface area contributed by atoms with Crippen molar-refractivity contribution < 1.29 is 19.1 Å². The average Bonchev–Trinajstić information content (AvgIpc) is 2.96. The summed E-state index contributed by atoms with van der Waals surface area (Å²) in [5, 5.41) is 3.40. The molecule has 1 rings (SSSR count). The second-order valence-corrected chi connectivity index (χ2v) is 7.17. The monoisotopic (exact) mass is 393 g/mol. The minimum absolute atomic E-state index is 0.00408. The first-order valence-corrected chi connectivity index (χ1v) is 9.70. The van der Waals surface area contributed by atoms with Gasteiger partial charge in [-0.1, -0.05) is 29.8 Å². The van der Waals surface area contributed by atoms with E-state index in [9.17, 15) is 9.59 Å². The van der Waals surface area contributed by atoms with Crippen LogP contribution in [0.5, 0.6) is 0 Å². The van der Waals surface area contributed by atoms with Gasteiger partial charge in [0.05, 0.1) is 0 Å². The number of amides is 1. The van der Waals surface area contributed by atoms with Gasteiger partial charge in [0.1, 0.15) is 17.7 Å². The Hall–Kier alpha value is -0.780. The molecular formula is C17H32BrNO4. The van der Waals surface area contributed by atoms with Crippen molar-refractivity contribution in [2.24, 2.45) is 0 Å². The molecule has 0 bridgehead atoms. The minimum Gasteiger partial charge on any atom is -0.461 e. The van der Waals surface area contributed by atoms with Crippen LogP contribution in [0.1, 0.15) is 73.1 Å². The van der Waals surface area contributed by atoms with Crippen LogP contribution in [0.25, 0.3) is 0 Å². The van der Waals surface area contributed by atoms with E-state index in [0.29, 0.717) is 6.42 Å². The molecule has 1 saturated carbocycles. The third-order valence-electron chi connectivity index (χ3n) is 3.19. The third kappa shape index (κ3) is 10.6. The molecule has 1 aliphatic rings. The first-order chi connectivity index (χ1) is 10.8. The molecule has 1 N–H and O–H groups in total. The molecule has 0 heterocycles. The average molecular weight is 394 g/mol. The number of rotatable bonds is 6. The van der Waals surface area contributed by atoms with Crippen LogP contribution >= 0.6 is 15.9 Å². The van der Waals surface area contributed by atoms with Crippen LogP contribution in [0.3, 0.4) is 0 Å². The van der Waals surface area contributed by atoms with E-state index in [-0.39, 0.29) is 12.1 Å². The van der Waals surface area contributed by atoms with E-state index in [1.165, 1.54) is 0 Å². The predicted molar refractivity (Wildman–Crippen MR) is 95.9 cm³/mol. The van der Waals surface area contributed by atoms with Crippen LogP contribution in [-0.4, -0.2) is 35.1 Å². The minimum atomic E-state index is -0.641. The number of halogens is 1. The Morgan fingerprint density at radius 2 is 1.78 bits per heavy atom. The molecule has 1 amide bonds. The third-order valence-corrected chi connectivity index (χ3v) is 3.75. The Morgan fingerprint density at radius 3 is 2.26 bits per heavy atom. The van der Waals surface area contributed by atoms with Crippen molar-refractivity contribution in [3.05, 3.63) is 0 Å². The van der Waals surface area contributed by atoms with Crippen molar-refractivity contribution in [3.8, 4) is 0 Å². The smallest absolute Gasteiger partial charge is 0.408 e. The lowest BCUT2D eigenvalue weighted by Crippen LogP contribution is -2.45. The molecule has 0 aromatic carbocycles. The van der Waals surface area contributed by atoms with Crippen LogP contribution in [0, 0.1) is 0 Å². The van der Waals surface area contributed by atoms with Gasteiger partial charge in [0, 0.05) is 5.33 Å². The summed E-state index contributed by atoms with van der Waals surface area (Å²) in [7, 11) is 0. The van der Waals surface area contributed by atoms with Crippen molar-refractivity contribution in [3.63, 3.8) is 0 Å². The zero-order chi connectivity index (χ0) is 17.9. The zero-order valence-corrected chi connectivity index (χ0v) is 16.7. The summed E-state index contributed by atoms with van der Waals surface area (Å²) in [5.74, 6) is -0.353. The normalized spacial score (nSPS) is 16.1. The largest absolute Gasteiger partial charge is 0.461 e. The molecule has 0 aliphatic heterocycles. The predicted octanol–water partition coefficient (Wildman–Crippen LogP) is 4.57. The van der Waals surface area contributed by atoms with E-state index in [2.05, 4.69) is 21.2 Å². The standard InChI is InChI=1S/C15H26BrNO4.C2H6/c1-15(2,3)21-14(19)17-12(9-6-10-16)13(18)20-11-7-4-5-8-11;1-2/h11-12H,4-10H2,1-3H3,(H,17,19);1-2H3. The fourth-order valence-electron chi connectivity index (χ4n) is 2.23. The van der Waals surface area contributed by atoms with Gasteiger partial charge in [-0.25, -0.2) is 9.59 Å². The maximum Gasteiger partial charge on any atom is 0.408 e. The summed E-state index contributed by atoms with van der Waals surface area (Å²) in [5.41, 5.74) is -0.584. The molecule has 0 aromatic rings. The molecule has 23 heavy (non-hydrogen) atoms. The van der Waals surface area contributed by atoms with E-state index < -0.39 is 17.7 Å². The highest BCUT2D eigenvalue weighted by atomic mass is 79.9. The molecule has 5 nitrogen and oxygen atoms in total. The summed E-state index contributed by atoms with van der Waals surface area (Å²) < 4.78 is 10.7. The van der Waals surface area contributed by atoms with Gasteiger partial charge in [-0.3, -0.25) is 0 Å². The maximum atomic E-state index is 12.2. The fraction of sp³-hybridized carbons (Fsp3) is 0.882. The molecule has 0 saturated heterocycles. The number of alkyl halides is 1. The molecular weight excluding hydrogens is 362 g/mol. The molecule has 1 aliphatic carbocycles. The maximum absolute atomic E-state index is 12.2. The Morgan fingerprint density at radius 1 is 1.22 bits per heavy atom. The second-order valence-electron chi connectivity index (χ2n) is 6.37. The summed E-state index contributed by atoms with van der Waals surface area (Å²) in [6.45, 7) is 9.37. The zero-order valence-electron chi connectivity index (χ0n) is 15.1. The topological polar surface area (TPSA) is 64.6 Å². The van der Waals surface area contributed by atoms with E-state index >= 15 is 0 Å². The lowest BCUT2D eigenvalue weighted by Gasteiger charge is -2.23. The molecule has 0 radical (unpaired) electrons. The molecule has 1 atom stereocenters. The quantitative estimate of drug-likeness (QED) is 0.530. The van der Waals surface area contributed by atoms with Gasteiger partial charge in [-0.15, -0.1) is 0 Å². The number of ether oxygens (including phenoxy) is 2. The van der Waals surface area contributed by atoms with Gasteiger partial charge in [0.2, 0.25) is 0 Å². The number of alkyl carbamates (subject to hydrolysis) is 1. The van der Waals surface area contributed by atoms with Crippen LogP contribution < -0.4 is 5.32 Å². The highest BCUT2D eigenvalue weighted by Gasteiger charge is 2.28. The number of nitrogens with one attached hydrogen (secondary N) is 1. The number of hydrogen-bond donors (Lipinski definition) is 1. The van der Waals surface area contributed by atoms with Gasteiger partial charge in [-0.2, -0.15) is 0 Å². The van der Waals surface area contributed by atoms with E-state index in [4.69, 9.17) is 9.47 Å². The number of hydrogen-bond acceptors (Lipinski definition) is 4. The van der Waals surface area contributed by atoms with Crippen molar-refractivity contribution in [1.82, 2.24) is 5.32 Å². The Bertz CT molecular complexity index is 349. The molecule has 136 valence electrons. The van der Waals surface area contributed by atoms with Crippen molar-refractivity contribution in [1.29, 1.82) is 0 Å². The fourth-order valence-corrected chi connectivity index (χ4v) is 2.56. The molecule has 0 aromatic heterocycles. The number of carbonyl (C=O) groups is 2. The molecule has 6 heteroatoms. The lowest BCUT2D eigenvalue weighted by atomic mass is 10.1. The first kappa shape index (κ1) is 22.2. The van der Waals surface area contributed by atoms with Crippen LogP contribution in [0.2, 0.25) is 0 Å². The number of esters is 1. The van der Waals surface area contributed by atoms with E-state index in [1.807, 2.05) is 13.8 Å². The van der Waals surface area contributed by atoms with Crippen molar-refractivity contribution in [2.75, 3.05) is 5.33 Å². The first-order valence-electron chi connectivity index (χ1n) is 8.58. The van der Waals surface area contributed by atoms with Gasteiger partial charge < -0.3 is 14.8 Å². The van der Waals surface area contributed by atoms with Gasteiger partial charge >= 0.3 is 12.1 Å². The van der Waals surface area contributed by atoms with Crippen molar-refractivity contribution in [2.45, 2.75) is 90.9 Å². The highest BCUT2D eigenvalue weighted by Crippen LogP contribution is 2.21. The lowest BCUT2D eigenvalue weighted by molar-refractivity contribution is -0.151. The summed E-state index contributed by atoms with van der Waals surface area (Å²) in [6, 6.07) is -0.641. The highest BCUT2D eigenvalue weighted by molar-refractivity contribution is 9.09. The SMILES string of the molecule is CC.CC(C)(C)OC(=O)NC(CCCBr)C(=O)OC1CCCC1. The van der Waals surface area contributed by atoms with Gasteiger partial charge in [0.25, 0.3) is 0 Å². The molecule has 1 fully saturated rings. The molecule has 1 unspecified atom stereocenters. The summed E-state index contributed by atoms with van der Waals surface area (Å²) in [4.78, 5) is 24.0. The van der Waals surface area contributed by atoms with Crippen LogP contribution in [0.4, 0.5) is 4.79 Å². The Balaban J connectivity index is 0.00000232. The number of carbonyl (C=O) groups excluding carboxylic acids is 2. The van der Waals surface area contributed by atoms with Gasteiger partial charge in [-0.05, 0) is 59.3 Å². The van der Waals surface area contributed by atoms with Crippen molar-refractivity contribution >= 4 is 28.0 Å². The van der Waals surface area contributed by atoms with Crippen LogP contribution in [0.15, 0.2) is 0 Å². The summed E-state index contributed by atoms with van der Waals surface area (Å²) in [6.07, 6.45) is 4.78. The Kier molecular flexibility index (Phi) is 11.3.